The molecule has 0 bridgehead atoms. The van der Waals surface area contributed by atoms with Gasteiger partial charge in [-0.05, 0) is 30.3 Å². The van der Waals surface area contributed by atoms with E-state index in [0.717, 1.165) is 11.0 Å². The molecule has 1 aromatic heterocycles. The Morgan fingerprint density at radius 1 is 1.00 bits per heavy atom. The quantitative estimate of drug-likeness (QED) is 0.567. The number of hydrogen-bond donors (Lipinski definition) is 0. The summed E-state index contributed by atoms with van der Waals surface area (Å²) < 4.78 is 5.09. The normalized spacial score (nSPS) is 10.2. The molecule has 2 nitrogen and oxygen atoms in total. The van der Waals surface area contributed by atoms with Gasteiger partial charge in [0.25, 0.3) is 0 Å². The maximum atomic E-state index is 10.8. The Labute approximate surface area is 63.1 Å². The molecule has 0 N–H and O–H groups in total. The minimum absolute atomic E-state index is 0.00333. The van der Waals surface area contributed by atoms with Gasteiger partial charge in [0, 0.05) is 5.39 Å². The summed E-state index contributed by atoms with van der Waals surface area (Å²) in [4.78, 5) is 10.8. The first kappa shape index (κ1) is 6.16. The van der Waals surface area contributed by atoms with Crippen molar-refractivity contribution in [3.8, 4) is 0 Å². The SMILES string of the molecule is O=c1ccc2ccoc2cc1. The van der Waals surface area contributed by atoms with Crippen molar-refractivity contribution in [2.24, 2.45) is 0 Å². The molecular weight excluding hydrogens is 140 g/mol. The van der Waals surface area contributed by atoms with Gasteiger partial charge in [0.1, 0.15) is 5.58 Å². The van der Waals surface area contributed by atoms with E-state index in [2.05, 4.69) is 0 Å². The molecule has 0 atom stereocenters. The predicted octanol–water partition coefficient (Wildman–Crippen LogP) is 1.79. The average Bonchev–Trinajstić information content (AvgIpc) is 2.38. The van der Waals surface area contributed by atoms with Crippen molar-refractivity contribution in [1.82, 2.24) is 0 Å². The monoisotopic (exact) mass is 146 g/mol. The maximum Gasteiger partial charge on any atom is 0.178 e. The van der Waals surface area contributed by atoms with E-state index < -0.39 is 0 Å². The van der Waals surface area contributed by atoms with Gasteiger partial charge in [-0.25, -0.2) is 0 Å². The van der Waals surface area contributed by atoms with Crippen LogP contribution in [0.15, 0.2) is 45.8 Å². The lowest BCUT2D eigenvalue weighted by molar-refractivity contribution is 0.616. The fraction of sp³-hybridized carbons (Fsp3) is 0. The van der Waals surface area contributed by atoms with Gasteiger partial charge in [-0.1, -0.05) is 0 Å². The molecule has 11 heavy (non-hydrogen) atoms. The van der Waals surface area contributed by atoms with Gasteiger partial charge in [0.15, 0.2) is 5.43 Å². The Balaban J connectivity index is 2.96. The van der Waals surface area contributed by atoms with Gasteiger partial charge < -0.3 is 4.42 Å². The largest absolute Gasteiger partial charge is 0.464 e. The van der Waals surface area contributed by atoms with Gasteiger partial charge in [0.2, 0.25) is 0 Å². The first-order valence-electron chi connectivity index (χ1n) is 3.34. The molecule has 2 rings (SSSR count). The molecule has 2 aromatic rings. The molecule has 0 fully saturated rings. The Morgan fingerprint density at radius 3 is 2.73 bits per heavy atom. The van der Waals surface area contributed by atoms with E-state index in [1.807, 2.05) is 6.07 Å². The zero-order valence-electron chi connectivity index (χ0n) is 5.78. The summed E-state index contributed by atoms with van der Waals surface area (Å²) in [5.74, 6) is 0. The third kappa shape index (κ3) is 1.03. The summed E-state index contributed by atoms with van der Waals surface area (Å²) in [5, 5.41) is 0.951. The zero-order valence-corrected chi connectivity index (χ0v) is 5.78. The highest BCUT2D eigenvalue weighted by Crippen LogP contribution is 2.10. The van der Waals surface area contributed by atoms with Crippen molar-refractivity contribution in [2.45, 2.75) is 0 Å². The molecule has 0 aliphatic carbocycles. The smallest absolute Gasteiger partial charge is 0.178 e. The molecule has 0 unspecified atom stereocenters. The fourth-order valence-electron chi connectivity index (χ4n) is 0.989. The molecule has 0 spiro atoms. The van der Waals surface area contributed by atoms with Crippen LogP contribution in [0, 0.1) is 0 Å². The van der Waals surface area contributed by atoms with Crippen molar-refractivity contribution < 1.29 is 4.42 Å². The highest BCUT2D eigenvalue weighted by Gasteiger charge is 1.91. The minimum Gasteiger partial charge on any atom is -0.464 e. The van der Waals surface area contributed by atoms with Crippen LogP contribution in [0.5, 0.6) is 0 Å². The first-order valence-corrected chi connectivity index (χ1v) is 3.34. The highest BCUT2D eigenvalue weighted by atomic mass is 16.3. The summed E-state index contributed by atoms with van der Waals surface area (Å²) in [5.41, 5.74) is 0.739. The Kier molecular flexibility index (Phi) is 1.25. The molecule has 1 aromatic carbocycles. The number of rotatable bonds is 0. The molecule has 0 saturated heterocycles. The summed E-state index contributed by atoms with van der Waals surface area (Å²) >= 11 is 0. The second kappa shape index (κ2) is 2.23. The fourth-order valence-corrected chi connectivity index (χ4v) is 0.989. The van der Waals surface area contributed by atoms with Gasteiger partial charge in [-0.2, -0.15) is 0 Å². The standard InChI is InChI=1S/C9H6O2/c10-8-2-1-7-5-6-11-9(7)4-3-8/h1-6H. The Morgan fingerprint density at radius 2 is 1.82 bits per heavy atom. The molecule has 2 heteroatoms. The molecular formula is C9H6O2. The maximum absolute atomic E-state index is 10.8. The molecule has 0 aliphatic heterocycles. The lowest BCUT2D eigenvalue weighted by Gasteiger charge is -1.72. The minimum atomic E-state index is -0.00333. The highest BCUT2D eigenvalue weighted by molar-refractivity contribution is 5.75. The van der Waals surface area contributed by atoms with E-state index in [1.165, 1.54) is 12.1 Å². The predicted molar refractivity (Wildman–Crippen MR) is 42.5 cm³/mol. The number of furan rings is 1. The van der Waals surface area contributed by atoms with Crippen LogP contribution in [0.25, 0.3) is 11.0 Å². The van der Waals surface area contributed by atoms with Crippen LogP contribution in [0.1, 0.15) is 0 Å². The topological polar surface area (TPSA) is 30.2 Å². The van der Waals surface area contributed by atoms with Crippen molar-refractivity contribution in [3.05, 3.63) is 46.8 Å². The van der Waals surface area contributed by atoms with Gasteiger partial charge >= 0.3 is 0 Å². The van der Waals surface area contributed by atoms with Gasteiger partial charge in [-0.3, -0.25) is 4.79 Å². The Bertz CT molecular complexity index is 392. The molecule has 0 radical (unpaired) electrons. The molecule has 0 aliphatic rings. The van der Waals surface area contributed by atoms with E-state index in [-0.39, 0.29) is 5.43 Å². The number of fused-ring (bicyclic) bond motifs is 1. The van der Waals surface area contributed by atoms with E-state index in [0.29, 0.717) is 0 Å². The van der Waals surface area contributed by atoms with Crippen LogP contribution in [-0.4, -0.2) is 0 Å². The summed E-state index contributed by atoms with van der Waals surface area (Å²) in [6, 6.07) is 8.28. The van der Waals surface area contributed by atoms with Crippen molar-refractivity contribution in [2.75, 3.05) is 0 Å². The third-order valence-corrected chi connectivity index (χ3v) is 1.55. The second-order valence-electron chi connectivity index (χ2n) is 2.31. The first-order chi connectivity index (χ1) is 5.36. The van der Waals surface area contributed by atoms with E-state index in [9.17, 15) is 4.79 Å². The van der Waals surface area contributed by atoms with Crippen LogP contribution in [0.3, 0.4) is 0 Å². The van der Waals surface area contributed by atoms with Crippen molar-refractivity contribution in [3.63, 3.8) is 0 Å². The van der Waals surface area contributed by atoms with Gasteiger partial charge in [-0.15, -0.1) is 0 Å². The van der Waals surface area contributed by atoms with Gasteiger partial charge in [0.05, 0.1) is 6.26 Å². The second-order valence-corrected chi connectivity index (χ2v) is 2.31. The molecule has 1 heterocycles. The lowest BCUT2D eigenvalue weighted by atomic mass is 10.3. The lowest BCUT2D eigenvalue weighted by Crippen LogP contribution is -1.87. The van der Waals surface area contributed by atoms with E-state index in [1.54, 1.807) is 18.4 Å². The Hall–Kier alpha value is -1.57. The molecule has 0 amide bonds. The third-order valence-electron chi connectivity index (χ3n) is 1.55. The molecule has 54 valence electrons. The zero-order chi connectivity index (χ0) is 7.68. The van der Waals surface area contributed by atoms with Crippen LogP contribution < -0.4 is 5.43 Å². The van der Waals surface area contributed by atoms with Crippen LogP contribution >= 0.6 is 0 Å². The summed E-state index contributed by atoms with van der Waals surface area (Å²) in [6.07, 6.45) is 1.61. The van der Waals surface area contributed by atoms with Crippen molar-refractivity contribution in [1.29, 1.82) is 0 Å². The van der Waals surface area contributed by atoms with Crippen LogP contribution in [0.2, 0.25) is 0 Å². The van der Waals surface area contributed by atoms with E-state index >= 15 is 0 Å². The number of hydrogen-bond acceptors (Lipinski definition) is 2. The average molecular weight is 146 g/mol. The van der Waals surface area contributed by atoms with Crippen LogP contribution in [-0.2, 0) is 0 Å². The molecule has 0 saturated carbocycles. The van der Waals surface area contributed by atoms with Crippen molar-refractivity contribution >= 4 is 11.0 Å². The van der Waals surface area contributed by atoms with Crippen LogP contribution in [0.4, 0.5) is 0 Å². The summed E-state index contributed by atoms with van der Waals surface area (Å²) in [7, 11) is 0. The van der Waals surface area contributed by atoms with E-state index in [4.69, 9.17) is 4.42 Å². The summed E-state index contributed by atoms with van der Waals surface area (Å²) in [6.45, 7) is 0.